The number of carbonyl (C=O) groups is 2. The fourth-order valence-corrected chi connectivity index (χ4v) is 1.31. The SMILES string of the molecule is O=C(CCl)NC(=O)OCN1CCCC1. The predicted molar refractivity (Wildman–Crippen MR) is 51.0 cm³/mol. The first-order valence-electron chi connectivity index (χ1n) is 4.47. The second-order valence-electron chi connectivity index (χ2n) is 3.07. The van der Waals surface area contributed by atoms with Crippen molar-refractivity contribution < 1.29 is 14.3 Å². The average Bonchev–Trinajstić information content (AvgIpc) is 2.67. The molecule has 0 aromatic carbocycles. The van der Waals surface area contributed by atoms with Crippen molar-refractivity contribution in [1.29, 1.82) is 0 Å². The molecule has 80 valence electrons. The van der Waals surface area contributed by atoms with Crippen molar-refractivity contribution in [2.75, 3.05) is 25.7 Å². The molecule has 0 spiro atoms. The van der Waals surface area contributed by atoms with Gasteiger partial charge in [0.25, 0.3) is 0 Å². The van der Waals surface area contributed by atoms with Crippen LogP contribution in [0.1, 0.15) is 12.8 Å². The summed E-state index contributed by atoms with van der Waals surface area (Å²) in [5, 5.41) is 1.99. The summed E-state index contributed by atoms with van der Waals surface area (Å²) in [6.07, 6.45) is 1.53. The molecule has 0 unspecified atom stereocenters. The molecule has 0 bridgehead atoms. The zero-order chi connectivity index (χ0) is 10.4. The van der Waals surface area contributed by atoms with Crippen LogP contribution in [0.3, 0.4) is 0 Å². The number of imide groups is 1. The van der Waals surface area contributed by atoms with E-state index in [0.29, 0.717) is 0 Å². The number of halogens is 1. The first kappa shape index (κ1) is 11.3. The molecule has 0 aromatic heterocycles. The number of alkyl halides is 1. The maximum atomic E-state index is 10.9. The van der Waals surface area contributed by atoms with Gasteiger partial charge in [0.2, 0.25) is 5.91 Å². The number of nitrogens with one attached hydrogen (secondary N) is 1. The van der Waals surface area contributed by atoms with Crippen molar-refractivity contribution >= 4 is 23.6 Å². The van der Waals surface area contributed by atoms with Crippen LogP contribution >= 0.6 is 11.6 Å². The fraction of sp³-hybridized carbons (Fsp3) is 0.750. The van der Waals surface area contributed by atoms with Gasteiger partial charge in [-0.25, -0.2) is 4.79 Å². The van der Waals surface area contributed by atoms with Gasteiger partial charge < -0.3 is 4.74 Å². The molecule has 1 fully saturated rings. The molecule has 1 N–H and O–H groups in total. The number of carbonyl (C=O) groups excluding carboxylic acids is 2. The van der Waals surface area contributed by atoms with Crippen LogP contribution in [-0.4, -0.2) is 42.6 Å². The Morgan fingerprint density at radius 2 is 2.00 bits per heavy atom. The smallest absolute Gasteiger partial charge is 0.415 e. The van der Waals surface area contributed by atoms with Crippen LogP contribution in [0.2, 0.25) is 0 Å². The minimum absolute atomic E-state index is 0.237. The summed E-state index contributed by atoms with van der Waals surface area (Å²) in [7, 11) is 0. The third-order valence-electron chi connectivity index (χ3n) is 1.94. The van der Waals surface area contributed by atoms with Crippen LogP contribution in [0.5, 0.6) is 0 Å². The molecule has 2 amide bonds. The van der Waals surface area contributed by atoms with Gasteiger partial charge in [0.05, 0.1) is 0 Å². The van der Waals surface area contributed by atoms with Crippen LogP contribution in [-0.2, 0) is 9.53 Å². The van der Waals surface area contributed by atoms with Crippen molar-refractivity contribution in [2.45, 2.75) is 12.8 Å². The number of amides is 2. The summed E-state index contributed by atoms with van der Waals surface area (Å²) in [6.45, 7) is 2.12. The molecule has 6 heteroatoms. The summed E-state index contributed by atoms with van der Waals surface area (Å²) in [4.78, 5) is 23.6. The molecule has 1 heterocycles. The highest BCUT2D eigenvalue weighted by atomic mass is 35.5. The molecule has 0 atom stereocenters. The number of rotatable bonds is 3. The van der Waals surface area contributed by atoms with Gasteiger partial charge in [0, 0.05) is 13.1 Å². The first-order chi connectivity index (χ1) is 6.72. The molecule has 1 aliphatic heterocycles. The maximum Gasteiger partial charge on any atom is 0.415 e. The lowest BCUT2D eigenvalue weighted by molar-refractivity contribution is -0.118. The summed E-state index contributed by atoms with van der Waals surface area (Å²) < 4.78 is 4.79. The van der Waals surface area contributed by atoms with E-state index in [-0.39, 0.29) is 12.6 Å². The highest BCUT2D eigenvalue weighted by molar-refractivity contribution is 6.28. The van der Waals surface area contributed by atoms with Crippen molar-refractivity contribution in [1.82, 2.24) is 10.2 Å². The lowest BCUT2D eigenvalue weighted by Crippen LogP contribution is -2.35. The third kappa shape index (κ3) is 3.93. The number of hydrogen-bond acceptors (Lipinski definition) is 4. The van der Waals surface area contributed by atoms with E-state index in [1.807, 2.05) is 10.2 Å². The van der Waals surface area contributed by atoms with Gasteiger partial charge in [0.15, 0.2) is 0 Å². The normalized spacial score (nSPS) is 16.6. The lowest BCUT2D eigenvalue weighted by atomic mass is 10.4. The van der Waals surface area contributed by atoms with Gasteiger partial charge in [-0.05, 0) is 12.8 Å². The predicted octanol–water partition coefficient (Wildman–Crippen LogP) is 0.531. The van der Waals surface area contributed by atoms with Crippen LogP contribution < -0.4 is 5.32 Å². The first-order valence-corrected chi connectivity index (χ1v) is 5.01. The number of ether oxygens (including phenoxy) is 1. The molecule has 5 nitrogen and oxygen atoms in total. The fourth-order valence-electron chi connectivity index (χ4n) is 1.24. The largest absolute Gasteiger partial charge is 0.433 e. The molecule has 0 radical (unpaired) electrons. The van der Waals surface area contributed by atoms with E-state index in [9.17, 15) is 9.59 Å². The van der Waals surface area contributed by atoms with Crippen molar-refractivity contribution in [3.05, 3.63) is 0 Å². The van der Waals surface area contributed by atoms with Gasteiger partial charge in [-0.15, -0.1) is 11.6 Å². The van der Waals surface area contributed by atoms with Gasteiger partial charge in [-0.2, -0.15) is 0 Å². The Hall–Kier alpha value is -0.810. The molecule has 0 aromatic rings. The van der Waals surface area contributed by atoms with E-state index in [1.165, 1.54) is 0 Å². The minimum atomic E-state index is -0.734. The molecule has 1 aliphatic rings. The summed E-state index contributed by atoms with van der Waals surface area (Å²) >= 11 is 5.19. The van der Waals surface area contributed by atoms with Gasteiger partial charge in [0.1, 0.15) is 12.6 Å². The Morgan fingerprint density at radius 3 is 2.57 bits per heavy atom. The third-order valence-corrected chi connectivity index (χ3v) is 2.18. The van der Waals surface area contributed by atoms with Gasteiger partial charge in [-0.1, -0.05) is 0 Å². The summed E-state index contributed by atoms with van der Waals surface area (Å²) in [5.41, 5.74) is 0. The van der Waals surface area contributed by atoms with Gasteiger partial charge in [-0.3, -0.25) is 15.0 Å². The number of nitrogens with zero attached hydrogens (tertiary/aromatic N) is 1. The Bertz CT molecular complexity index is 217. The summed E-state index contributed by atoms with van der Waals surface area (Å²) in [6, 6.07) is 0. The molecule has 14 heavy (non-hydrogen) atoms. The van der Waals surface area contributed by atoms with E-state index < -0.39 is 12.0 Å². The van der Waals surface area contributed by atoms with Crippen molar-refractivity contribution in [2.24, 2.45) is 0 Å². The van der Waals surface area contributed by atoms with E-state index >= 15 is 0 Å². The Labute approximate surface area is 87.3 Å². The number of likely N-dealkylation sites (tertiary alicyclic amines) is 1. The topological polar surface area (TPSA) is 58.6 Å². The number of alkyl carbamates (subject to hydrolysis) is 1. The second kappa shape index (κ2) is 5.82. The van der Waals surface area contributed by atoms with Crippen molar-refractivity contribution in [3.63, 3.8) is 0 Å². The Morgan fingerprint density at radius 1 is 1.36 bits per heavy atom. The lowest BCUT2D eigenvalue weighted by Gasteiger charge is -2.14. The minimum Gasteiger partial charge on any atom is -0.433 e. The summed E-state index contributed by atoms with van der Waals surface area (Å²) in [5.74, 6) is -0.781. The van der Waals surface area contributed by atoms with Crippen LogP contribution in [0.25, 0.3) is 0 Å². The zero-order valence-electron chi connectivity index (χ0n) is 7.79. The molecule has 1 rings (SSSR count). The quantitative estimate of drug-likeness (QED) is 0.705. The Balaban J connectivity index is 2.11. The van der Waals surface area contributed by atoms with Crippen LogP contribution in [0.4, 0.5) is 4.79 Å². The van der Waals surface area contributed by atoms with Gasteiger partial charge >= 0.3 is 6.09 Å². The second-order valence-corrected chi connectivity index (χ2v) is 3.34. The van der Waals surface area contributed by atoms with Crippen LogP contribution in [0.15, 0.2) is 0 Å². The number of hydrogen-bond donors (Lipinski definition) is 1. The maximum absolute atomic E-state index is 10.9. The Kier molecular flexibility index (Phi) is 4.69. The van der Waals surface area contributed by atoms with E-state index in [4.69, 9.17) is 16.3 Å². The average molecular weight is 221 g/mol. The highest BCUT2D eigenvalue weighted by Gasteiger charge is 2.14. The van der Waals surface area contributed by atoms with E-state index in [1.54, 1.807) is 0 Å². The standard InChI is InChI=1S/C8H13ClN2O3/c9-5-7(12)10-8(13)14-6-11-3-1-2-4-11/h1-6H2,(H,10,12,13). The molecule has 0 saturated carbocycles. The van der Waals surface area contributed by atoms with Crippen LogP contribution in [0, 0.1) is 0 Å². The monoisotopic (exact) mass is 220 g/mol. The van der Waals surface area contributed by atoms with E-state index in [0.717, 1.165) is 25.9 Å². The molecule has 1 saturated heterocycles. The molecular formula is C8H13ClN2O3. The van der Waals surface area contributed by atoms with E-state index in [2.05, 4.69) is 0 Å². The molecular weight excluding hydrogens is 208 g/mol. The zero-order valence-corrected chi connectivity index (χ0v) is 8.55. The van der Waals surface area contributed by atoms with Crippen molar-refractivity contribution in [3.8, 4) is 0 Å². The highest BCUT2D eigenvalue weighted by Crippen LogP contribution is 2.06. The molecule has 0 aliphatic carbocycles.